The molecule has 1 heterocycles. The number of aryl methyl sites for hydroxylation is 1. The van der Waals surface area contributed by atoms with Crippen LogP contribution >= 0.6 is 11.6 Å². The number of anilines is 1. The average Bonchev–Trinajstić information content (AvgIpc) is 2.76. The van der Waals surface area contributed by atoms with Gasteiger partial charge < -0.3 is 10.1 Å². The number of nitro groups is 1. The summed E-state index contributed by atoms with van der Waals surface area (Å²) in [6, 6.07) is 9.49. The summed E-state index contributed by atoms with van der Waals surface area (Å²) in [6.07, 6.45) is 3.39. The van der Waals surface area contributed by atoms with Crippen LogP contribution in [0.15, 0.2) is 54.9 Å². The quantitative estimate of drug-likeness (QED) is 0.428. The molecule has 0 aliphatic rings. The monoisotopic (exact) mass is 441 g/mol. The molecule has 3 amide bonds. The highest BCUT2D eigenvalue weighted by Crippen LogP contribution is 2.27. The summed E-state index contributed by atoms with van der Waals surface area (Å²) in [6.45, 7) is 1.90. The van der Waals surface area contributed by atoms with Gasteiger partial charge in [0.1, 0.15) is 11.3 Å². The third-order valence-electron chi connectivity index (χ3n) is 4.07. The van der Waals surface area contributed by atoms with E-state index in [1.165, 1.54) is 36.7 Å². The van der Waals surface area contributed by atoms with Gasteiger partial charge in [0, 0.05) is 11.8 Å². The minimum absolute atomic E-state index is 0.118. The zero-order chi connectivity index (χ0) is 22.4. The Morgan fingerprint density at radius 1 is 1.16 bits per heavy atom. The maximum atomic E-state index is 12.3. The number of nitrogens with zero attached hydrogens (tertiary/aromatic N) is 3. The van der Waals surface area contributed by atoms with E-state index in [1.54, 1.807) is 18.2 Å². The van der Waals surface area contributed by atoms with E-state index in [1.807, 2.05) is 6.92 Å². The Hall–Kier alpha value is -4.05. The number of halogens is 1. The number of amides is 3. The molecule has 0 unspecified atom stereocenters. The first-order chi connectivity index (χ1) is 14.9. The number of imide groups is 1. The lowest BCUT2D eigenvalue weighted by Crippen LogP contribution is -2.34. The molecule has 11 heteroatoms. The van der Waals surface area contributed by atoms with Crippen molar-refractivity contribution in [1.29, 1.82) is 0 Å². The van der Waals surface area contributed by atoms with Gasteiger partial charge in [0.2, 0.25) is 0 Å². The van der Waals surface area contributed by atoms with Crippen LogP contribution in [-0.4, -0.2) is 26.8 Å². The number of rotatable bonds is 6. The number of hydrogen-bond acceptors (Lipinski definition) is 7. The summed E-state index contributed by atoms with van der Waals surface area (Å²) in [5.74, 6) is -0.396. The summed E-state index contributed by atoms with van der Waals surface area (Å²) in [7, 11) is 0. The van der Waals surface area contributed by atoms with Crippen LogP contribution in [-0.2, 0) is 6.42 Å². The largest absolute Gasteiger partial charge is 0.424 e. The van der Waals surface area contributed by atoms with Crippen LogP contribution in [0.1, 0.15) is 22.8 Å². The number of carbonyl (C=O) groups excluding carboxylic acids is 2. The number of nitro benzene ring substituents is 1. The number of ether oxygens (including phenoxy) is 1. The van der Waals surface area contributed by atoms with Crippen molar-refractivity contribution in [3.63, 3.8) is 0 Å². The summed E-state index contributed by atoms with van der Waals surface area (Å²) >= 11 is 5.76. The van der Waals surface area contributed by atoms with Crippen molar-refractivity contribution in [1.82, 2.24) is 15.3 Å². The predicted molar refractivity (Wildman–Crippen MR) is 113 cm³/mol. The van der Waals surface area contributed by atoms with Gasteiger partial charge in [-0.25, -0.2) is 14.8 Å². The van der Waals surface area contributed by atoms with Gasteiger partial charge in [0.05, 0.1) is 22.3 Å². The van der Waals surface area contributed by atoms with Crippen molar-refractivity contribution in [2.24, 2.45) is 0 Å². The fourth-order valence-corrected chi connectivity index (χ4v) is 2.74. The molecule has 0 saturated carbocycles. The minimum atomic E-state index is -0.889. The smallest absolute Gasteiger partial charge is 0.326 e. The van der Waals surface area contributed by atoms with Crippen molar-refractivity contribution >= 4 is 34.9 Å². The van der Waals surface area contributed by atoms with Crippen molar-refractivity contribution in [3.05, 3.63) is 81.1 Å². The Balaban J connectivity index is 1.69. The molecule has 0 spiro atoms. The molecule has 0 aliphatic carbocycles. The van der Waals surface area contributed by atoms with Crippen LogP contribution in [0.25, 0.3) is 0 Å². The van der Waals surface area contributed by atoms with E-state index in [0.29, 0.717) is 22.9 Å². The molecule has 2 N–H and O–H groups in total. The van der Waals surface area contributed by atoms with E-state index in [-0.39, 0.29) is 11.6 Å². The van der Waals surface area contributed by atoms with Crippen LogP contribution in [0, 0.1) is 10.1 Å². The van der Waals surface area contributed by atoms with Crippen LogP contribution in [0.2, 0.25) is 5.02 Å². The Bertz CT molecular complexity index is 1140. The number of urea groups is 1. The second-order valence-corrected chi connectivity index (χ2v) is 6.58. The Morgan fingerprint density at radius 3 is 2.55 bits per heavy atom. The van der Waals surface area contributed by atoms with Crippen LogP contribution < -0.4 is 15.4 Å². The van der Waals surface area contributed by atoms with Crippen LogP contribution in [0.5, 0.6) is 11.8 Å². The Morgan fingerprint density at radius 2 is 1.87 bits per heavy atom. The molecular formula is C20H16ClN5O5. The number of aromatic nitrogens is 2. The molecule has 158 valence electrons. The first-order valence-corrected chi connectivity index (χ1v) is 9.39. The highest BCUT2D eigenvalue weighted by Gasteiger charge is 2.21. The van der Waals surface area contributed by atoms with Gasteiger partial charge in [0.15, 0.2) is 0 Å². The summed E-state index contributed by atoms with van der Waals surface area (Å²) in [4.78, 5) is 42.8. The van der Waals surface area contributed by atoms with E-state index in [9.17, 15) is 19.7 Å². The maximum Gasteiger partial charge on any atom is 0.326 e. The van der Waals surface area contributed by atoms with Crippen molar-refractivity contribution in [3.8, 4) is 11.8 Å². The van der Waals surface area contributed by atoms with Crippen molar-refractivity contribution < 1.29 is 19.2 Å². The van der Waals surface area contributed by atoms with Gasteiger partial charge in [-0.3, -0.25) is 20.2 Å². The molecule has 3 rings (SSSR count). The van der Waals surface area contributed by atoms with Gasteiger partial charge in [-0.2, -0.15) is 0 Å². The molecule has 0 fully saturated rings. The topological polar surface area (TPSA) is 136 Å². The van der Waals surface area contributed by atoms with E-state index in [0.717, 1.165) is 5.56 Å². The van der Waals surface area contributed by atoms with Crippen LogP contribution in [0.4, 0.5) is 16.2 Å². The van der Waals surface area contributed by atoms with Gasteiger partial charge >= 0.3 is 12.0 Å². The Labute approximate surface area is 181 Å². The third kappa shape index (κ3) is 5.52. The second kappa shape index (κ2) is 9.63. The summed E-state index contributed by atoms with van der Waals surface area (Å²) in [5.41, 5.74) is 0.533. The van der Waals surface area contributed by atoms with Crippen molar-refractivity contribution in [2.45, 2.75) is 13.3 Å². The second-order valence-electron chi connectivity index (χ2n) is 6.14. The van der Waals surface area contributed by atoms with Gasteiger partial charge in [-0.05, 0) is 36.2 Å². The third-order valence-corrected chi connectivity index (χ3v) is 4.26. The van der Waals surface area contributed by atoms with Gasteiger partial charge in [0.25, 0.3) is 11.6 Å². The Kier molecular flexibility index (Phi) is 6.73. The lowest BCUT2D eigenvalue weighted by Gasteiger charge is -2.12. The van der Waals surface area contributed by atoms with Crippen molar-refractivity contribution in [2.75, 3.05) is 5.32 Å². The number of benzene rings is 2. The molecule has 10 nitrogen and oxygen atoms in total. The molecular weight excluding hydrogens is 426 g/mol. The van der Waals surface area contributed by atoms with E-state index >= 15 is 0 Å². The number of nitrogens with one attached hydrogen (secondary N) is 2. The zero-order valence-electron chi connectivity index (χ0n) is 16.2. The van der Waals surface area contributed by atoms with Gasteiger partial charge in [-0.15, -0.1) is 0 Å². The number of carbonyl (C=O) groups is 2. The molecule has 31 heavy (non-hydrogen) atoms. The van der Waals surface area contributed by atoms with E-state index in [4.69, 9.17) is 16.3 Å². The summed E-state index contributed by atoms with van der Waals surface area (Å²) in [5, 5.41) is 16.0. The normalized spacial score (nSPS) is 10.3. The fraction of sp³-hybridized carbons (Fsp3) is 0.100. The average molecular weight is 442 g/mol. The summed E-state index contributed by atoms with van der Waals surface area (Å²) < 4.78 is 5.65. The molecule has 0 aliphatic heterocycles. The predicted octanol–water partition coefficient (Wildman–Crippen LogP) is 4.35. The number of hydrogen-bond donors (Lipinski definition) is 2. The van der Waals surface area contributed by atoms with Crippen LogP contribution in [0.3, 0.4) is 0 Å². The molecule has 0 radical (unpaired) electrons. The zero-order valence-corrected chi connectivity index (χ0v) is 16.9. The lowest BCUT2D eigenvalue weighted by molar-refractivity contribution is -0.385. The standard InChI is InChI=1S/C20H16ClN5O5/c1-2-12-9-14(7-8-17(12)31-20-22-10-13(21)11-23-20)24-19(28)25-18(27)15-5-3-4-6-16(15)26(29)30/h3-11H,2H2,1H3,(H2,24,25,27,28). The van der Waals surface area contributed by atoms with E-state index < -0.39 is 22.5 Å². The molecule has 0 bridgehead atoms. The van der Waals surface area contributed by atoms with Gasteiger partial charge in [-0.1, -0.05) is 30.7 Å². The van der Waals surface area contributed by atoms with E-state index in [2.05, 4.69) is 20.6 Å². The number of para-hydroxylation sites is 1. The highest BCUT2D eigenvalue weighted by atomic mass is 35.5. The molecule has 1 aromatic heterocycles. The highest BCUT2D eigenvalue weighted by molar-refractivity contribution is 6.30. The fourth-order valence-electron chi connectivity index (χ4n) is 2.64. The maximum absolute atomic E-state index is 12.3. The first kappa shape index (κ1) is 21.7. The molecule has 2 aromatic carbocycles. The SMILES string of the molecule is CCc1cc(NC(=O)NC(=O)c2ccccc2[N+](=O)[O-])ccc1Oc1ncc(Cl)cn1. The minimum Gasteiger partial charge on any atom is -0.424 e. The molecule has 3 aromatic rings. The first-order valence-electron chi connectivity index (χ1n) is 9.01. The lowest BCUT2D eigenvalue weighted by atomic mass is 10.1. The molecule has 0 saturated heterocycles. The molecule has 0 atom stereocenters.